The molecule has 16 heavy (non-hydrogen) atoms. The number of halogens is 1. The van der Waals surface area contributed by atoms with Gasteiger partial charge in [-0.2, -0.15) is 0 Å². The molecule has 1 aromatic rings. The number of rotatable bonds is 4. The lowest BCUT2D eigenvalue weighted by atomic mass is 10.0. The normalized spacial score (nSPS) is 23.2. The van der Waals surface area contributed by atoms with Crippen molar-refractivity contribution >= 4 is 27.3 Å². The topological polar surface area (TPSA) is 21.3 Å². The van der Waals surface area contributed by atoms with Crippen molar-refractivity contribution in [3.05, 3.63) is 20.8 Å². The molecular formula is C12H18BrNOS. The Hall–Kier alpha value is 0.100. The van der Waals surface area contributed by atoms with Crippen LogP contribution in [0.4, 0.5) is 0 Å². The molecule has 90 valence electrons. The summed E-state index contributed by atoms with van der Waals surface area (Å²) in [5.74, 6) is 0. The molecule has 0 bridgehead atoms. The number of hydrogen-bond acceptors (Lipinski definition) is 3. The zero-order valence-corrected chi connectivity index (χ0v) is 11.9. The summed E-state index contributed by atoms with van der Waals surface area (Å²) < 4.78 is 7.01. The van der Waals surface area contributed by atoms with Crippen LogP contribution >= 0.6 is 27.3 Å². The summed E-state index contributed by atoms with van der Waals surface area (Å²) in [5, 5.41) is 5.52. The monoisotopic (exact) mass is 303 g/mol. The third-order valence-electron chi connectivity index (χ3n) is 3.08. The van der Waals surface area contributed by atoms with Crippen LogP contribution in [0.15, 0.2) is 15.9 Å². The highest BCUT2D eigenvalue weighted by atomic mass is 79.9. The van der Waals surface area contributed by atoms with Gasteiger partial charge in [0.2, 0.25) is 0 Å². The van der Waals surface area contributed by atoms with Crippen LogP contribution in [-0.4, -0.2) is 19.8 Å². The molecule has 1 saturated heterocycles. The molecule has 1 aliphatic heterocycles. The first-order chi connectivity index (χ1) is 7.81. The van der Waals surface area contributed by atoms with Crippen LogP contribution in [0.3, 0.4) is 0 Å². The lowest BCUT2D eigenvalue weighted by molar-refractivity contribution is 0.00565. The second-order valence-corrected chi connectivity index (χ2v) is 6.00. The Balaban J connectivity index is 1.97. The molecule has 4 heteroatoms. The predicted molar refractivity (Wildman–Crippen MR) is 72.0 cm³/mol. The summed E-state index contributed by atoms with van der Waals surface area (Å²) >= 11 is 5.41. The fraction of sp³-hybridized carbons (Fsp3) is 0.667. The minimum atomic E-state index is 0.414. The molecule has 2 rings (SSSR count). The molecule has 1 aromatic heterocycles. The van der Waals surface area contributed by atoms with Crippen molar-refractivity contribution in [3.8, 4) is 0 Å². The summed E-state index contributed by atoms with van der Waals surface area (Å²) in [6, 6.07) is 2.53. The Kier molecular flexibility index (Phi) is 4.82. The van der Waals surface area contributed by atoms with Gasteiger partial charge in [-0.15, -0.1) is 11.3 Å². The van der Waals surface area contributed by atoms with E-state index in [0.29, 0.717) is 12.1 Å². The highest BCUT2D eigenvalue weighted by Crippen LogP contribution is 2.33. The van der Waals surface area contributed by atoms with Gasteiger partial charge in [0, 0.05) is 22.0 Å². The van der Waals surface area contributed by atoms with Gasteiger partial charge < -0.3 is 10.1 Å². The van der Waals surface area contributed by atoms with E-state index in [2.05, 4.69) is 32.7 Å². The average Bonchev–Trinajstić information content (AvgIpc) is 2.74. The number of thiophene rings is 1. The van der Waals surface area contributed by atoms with Crippen molar-refractivity contribution < 1.29 is 4.74 Å². The van der Waals surface area contributed by atoms with Crippen LogP contribution in [0.2, 0.25) is 0 Å². The lowest BCUT2D eigenvalue weighted by Crippen LogP contribution is -2.26. The first kappa shape index (κ1) is 12.6. The molecule has 0 radical (unpaired) electrons. The zero-order chi connectivity index (χ0) is 11.4. The van der Waals surface area contributed by atoms with E-state index in [1.54, 1.807) is 11.3 Å². The van der Waals surface area contributed by atoms with Crippen molar-refractivity contribution in [1.29, 1.82) is 0 Å². The zero-order valence-electron chi connectivity index (χ0n) is 9.54. The van der Waals surface area contributed by atoms with Crippen molar-refractivity contribution in [2.75, 3.05) is 13.7 Å². The van der Waals surface area contributed by atoms with Gasteiger partial charge in [0.05, 0.1) is 6.10 Å². The van der Waals surface area contributed by atoms with E-state index in [-0.39, 0.29) is 0 Å². The van der Waals surface area contributed by atoms with Gasteiger partial charge in [0.25, 0.3) is 0 Å². The molecule has 1 N–H and O–H groups in total. The lowest BCUT2D eigenvalue weighted by Gasteiger charge is -2.26. The van der Waals surface area contributed by atoms with E-state index in [0.717, 1.165) is 13.0 Å². The summed E-state index contributed by atoms with van der Waals surface area (Å²) in [5.41, 5.74) is 0. The minimum Gasteiger partial charge on any atom is -0.378 e. The van der Waals surface area contributed by atoms with Crippen LogP contribution in [0.1, 0.15) is 36.6 Å². The molecule has 0 saturated carbocycles. The Morgan fingerprint density at radius 1 is 1.62 bits per heavy atom. The maximum absolute atomic E-state index is 5.80. The largest absolute Gasteiger partial charge is 0.378 e. The second kappa shape index (κ2) is 6.15. The SMILES string of the molecule is CNC(CC1CCCCO1)c1sccc1Br. The van der Waals surface area contributed by atoms with Gasteiger partial charge in [0.1, 0.15) is 0 Å². The smallest absolute Gasteiger partial charge is 0.0593 e. The summed E-state index contributed by atoms with van der Waals surface area (Å²) in [6.45, 7) is 0.937. The van der Waals surface area contributed by atoms with Gasteiger partial charge in [-0.05, 0) is 60.1 Å². The van der Waals surface area contributed by atoms with Crippen molar-refractivity contribution in [2.24, 2.45) is 0 Å². The van der Waals surface area contributed by atoms with Gasteiger partial charge >= 0.3 is 0 Å². The molecule has 2 nitrogen and oxygen atoms in total. The molecule has 2 unspecified atom stereocenters. The van der Waals surface area contributed by atoms with Crippen LogP contribution in [-0.2, 0) is 4.74 Å². The first-order valence-electron chi connectivity index (χ1n) is 5.83. The third-order valence-corrected chi connectivity index (χ3v) is 5.07. The Morgan fingerprint density at radius 2 is 2.50 bits per heavy atom. The Morgan fingerprint density at radius 3 is 3.06 bits per heavy atom. The van der Waals surface area contributed by atoms with Gasteiger partial charge in [-0.25, -0.2) is 0 Å². The standard InChI is InChI=1S/C12H18BrNOS/c1-14-11(12-10(13)5-7-16-12)8-9-4-2-3-6-15-9/h5,7,9,11,14H,2-4,6,8H2,1H3. The van der Waals surface area contributed by atoms with Gasteiger partial charge in [0.15, 0.2) is 0 Å². The van der Waals surface area contributed by atoms with E-state index in [9.17, 15) is 0 Å². The van der Waals surface area contributed by atoms with Gasteiger partial charge in [-0.1, -0.05) is 0 Å². The van der Waals surface area contributed by atoms with E-state index < -0.39 is 0 Å². The Bertz CT molecular complexity index is 323. The quantitative estimate of drug-likeness (QED) is 0.915. The van der Waals surface area contributed by atoms with Crippen molar-refractivity contribution in [2.45, 2.75) is 37.8 Å². The first-order valence-corrected chi connectivity index (χ1v) is 7.50. The van der Waals surface area contributed by atoms with Crippen LogP contribution < -0.4 is 5.32 Å². The van der Waals surface area contributed by atoms with Crippen molar-refractivity contribution in [1.82, 2.24) is 5.32 Å². The molecule has 2 atom stereocenters. The number of hydrogen-bond donors (Lipinski definition) is 1. The van der Waals surface area contributed by atoms with Crippen LogP contribution in [0.5, 0.6) is 0 Å². The molecule has 0 aromatic carbocycles. The Labute approximate surface area is 110 Å². The highest BCUT2D eigenvalue weighted by molar-refractivity contribution is 9.10. The van der Waals surface area contributed by atoms with Crippen molar-refractivity contribution in [3.63, 3.8) is 0 Å². The van der Waals surface area contributed by atoms with Gasteiger partial charge in [-0.3, -0.25) is 0 Å². The molecule has 2 heterocycles. The van der Waals surface area contributed by atoms with E-state index in [1.165, 1.54) is 28.6 Å². The molecule has 0 amide bonds. The van der Waals surface area contributed by atoms with Crippen LogP contribution in [0.25, 0.3) is 0 Å². The predicted octanol–water partition coefficient (Wildman–Crippen LogP) is 3.73. The van der Waals surface area contributed by atoms with E-state index >= 15 is 0 Å². The van der Waals surface area contributed by atoms with E-state index in [4.69, 9.17) is 4.74 Å². The average molecular weight is 304 g/mol. The maximum atomic E-state index is 5.80. The second-order valence-electron chi connectivity index (χ2n) is 4.20. The maximum Gasteiger partial charge on any atom is 0.0593 e. The summed E-state index contributed by atoms with van der Waals surface area (Å²) in [4.78, 5) is 1.39. The molecule has 1 fully saturated rings. The molecule has 0 spiro atoms. The molecule has 0 aliphatic carbocycles. The van der Waals surface area contributed by atoms with E-state index in [1.807, 2.05) is 7.05 Å². The fourth-order valence-electron chi connectivity index (χ4n) is 2.17. The molecular weight excluding hydrogens is 286 g/mol. The summed E-state index contributed by atoms with van der Waals surface area (Å²) in [7, 11) is 2.03. The number of ether oxygens (including phenoxy) is 1. The third kappa shape index (κ3) is 3.06. The highest BCUT2D eigenvalue weighted by Gasteiger charge is 2.21. The number of nitrogens with one attached hydrogen (secondary N) is 1. The fourth-order valence-corrected chi connectivity index (χ4v) is 3.94. The summed E-state index contributed by atoms with van der Waals surface area (Å²) in [6.07, 6.45) is 5.26. The molecule has 1 aliphatic rings. The van der Waals surface area contributed by atoms with Crippen LogP contribution in [0, 0.1) is 0 Å². The minimum absolute atomic E-state index is 0.414.